The van der Waals surface area contributed by atoms with E-state index in [9.17, 15) is 0 Å². The zero-order valence-electron chi connectivity index (χ0n) is 6.66. The second kappa shape index (κ2) is 4.60. The van der Waals surface area contributed by atoms with E-state index in [2.05, 4.69) is 20.8 Å². The van der Waals surface area contributed by atoms with E-state index < -0.39 is 9.76 Å². The highest BCUT2D eigenvalue weighted by molar-refractivity contribution is 6.44. The summed E-state index contributed by atoms with van der Waals surface area (Å²) in [7, 11) is -0.462. The second-order valence-corrected chi connectivity index (χ2v) is 7.56. The molecular formula is C6H14Cl2OSi. The van der Waals surface area contributed by atoms with Crippen LogP contribution in [0, 0.1) is 0 Å². The minimum atomic E-state index is -0.462. The third-order valence-electron chi connectivity index (χ3n) is 0.779. The summed E-state index contributed by atoms with van der Waals surface area (Å²) in [6, 6.07) is 0. The number of hydrogen-bond acceptors (Lipinski definition) is 1. The van der Waals surface area contributed by atoms with Crippen LogP contribution in [0.4, 0.5) is 0 Å². The lowest BCUT2D eigenvalue weighted by Crippen LogP contribution is -2.15. The summed E-state index contributed by atoms with van der Waals surface area (Å²) in [5, 5.41) is 0.336. The van der Waals surface area contributed by atoms with Gasteiger partial charge >= 0.3 is 0 Å². The summed E-state index contributed by atoms with van der Waals surface area (Å²) >= 11 is 10.9. The Kier molecular flexibility index (Phi) is 4.95. The monoisotopic (exact) mass is 200 g/mol. The maximum absolute atomic E-state index is 5.47. The number of rotatable bonds is 3. The fraction of sp³-hybridized carbons (Fsp3) is 1.00. The minimum absolute atomic E-state index is 0.336. The summed E-state index contributed by atoms with van der Waals surface area (Å²) in [6.45, 7) is 6.97. The second-order valence-electron chi connectivity index (χ2n) is 3.47. The third-order valence-corrected chi connectivity index (χ3v) is 2.34. The van der Waals surface area contributed by atoms with Crippen LogP contribution in [0.15, 0.2) is 0 Å². The van der Waals surface area contributed by atoms with Crippen molar-refractivity contribution in [1.82, 2.24) is 0 Å². The lowest BCUT2D eigenvalue weighted by Gasteiger charge is -2.16. The number of alkyl halides is 2. The van der Waals surface area contributed by atoms with Gasteiger partial charge in [0.25, 0.3) is 0 Å². The van der Waals surface area contributed by atoms with Crippen molar-refractivity contribution in [3.05, 3.63) is 0 Å². The predicted octanol–water partition coefficient (Wildman–Crippen LogP) is 2.11. The molecule has 62 valence electrons. The lowest BCUT2D eigenvalue weighted by molar-refractivity contribution is 0.338. The molecule has 0 atom stereocenters. The molecule has 0 aliphatic carbocycles. The Balaban J connectivity index is 3.21. The molecule has 0 bridgehead atoms. The van der Waals surface area contributed by atoms with E-state index >= 15 is 0 Å². The van der Waals surface area contributed by atoms with Gasteiger partial charge in [-0.2, -0.15) is 0 Å². The summed E-state index contributed by atoms with van der Waals surface area (Å²) in [6.07, 6.45) is 0. The molecule has 0 rings (SSSR count). The van der Waals surface area contributed by atoms with Crippen molar-refractivity contribution in [2.24, 2.45) is 0 Å². The Bertz CT molecular complexity index is 90.2. The molecule has 0 fully saturated rings. The minimum Gasteiger partial charge on any atom is -0.421 e. The van der Waals surface area contributed by atoms with E-state index in [1.807, 2.05) is 0 Å². The topological polar surface area (TPSA) is 9.23 Å². The van der Waals surface area contributed by atoms with Gasteiger partial charge < -0.3 is 4.43 Å². The van der Waals surface area contributed by atoms with Crippen LogP contribution in [0.25, 0.3) is 0 Å². The van der Waals surface area contributed by atoms with Crippen LogP contribution in [0.3, 0.4) is 0 Å². The molecule has 0 aromatic heterocycles. The van der Waals surface area contributed by atoms with Gasteiger partial charge in [-0.1, -0.05) is 20.8 Å². The van der Waals surface area contributed by atoms with Gasteiger partial charge in [0, 0.05) is 0 Å². The maximum Gasteiger partial charge on any atom is 0.167 e. The van der Waals surface area contributed by atoms with Gasteiger partial charge in [-0.3, -0.25) is 0 Å². The highest BCUT2D eigenvalue weighted by Crippen LogP contribution is 2.20. The van der Waals surface area contributed by atoms with E-state index in [-0.39, 0.29) is 4.84 Å². The largest absolute Gasteiger partial charge is 0.421 e. The molecule has 0 aliphatic heterocycles. The third kappa shape index (κ3) is 8.76. The molecule has 0 aliphatic rings. The van der Waals surface area contributed by atoms with Crippen molar-refractivity contribution >= 4 is 33.0 Å². The number of hydrogen-bond donors (Lipinski definition) is 0. The molecule has 0 N–H and O–H groups in total. The first-order valence-corrected chi connectivity index (χ1v) is 5.43. The van der Waals surface area contributed by atoms with Crippen molar-refractivity contribution in [3.8, 4) is 0 Å². The fourth-order valence-electron chi connectivity index (χ4n) is 0.454. The Hall–Kier alpha value is 0.757. The number of halogens is 2. The zero-order valence-corrected chi connectivity index (χ0v) is 9.58. The van der Waals surface area contributed by atoms with Crippen molar-refractivity contribution in [2.75, 3.05) is 6.61 Å². The summed E-state index contributed by atoms with van der Waals surface area (Å²) in [4.78, 5) is -0.366. The van der Waals surface area contributed by atoms with E-state index in [0.29, 0.717) is 11.6 Å². The predicted molar refractivity (Wildman–Crippen MR) is 49.7 cm³/mol. The molecule has 4 heteroatoms. The Morgan fingerprint density at radius 3 is 2.20 bits per heavy atom. The molecule has 0 saturated heterocycles. The van der Waals surface area contributed by atoms with Gasteiger partial charge in [0.15, 0.2) is 9.76 Å². The van der Waals surface area contributed by atoms with Crippen LogP contribution in [0.2, 0.25) is 5.04 Å². The van der Waals surface area contributed by atoms with Crippen LogP contribution in [0.5, 0.6) is 0 Å². The molecule has 0 aromatic rings. The average Bonchev–Trinajstić information content (AvgIpc) is 1.59. The van der Waals surface area contributed by atoms with Gasteiger partial charge in [-0.05, 0) is 5.04 Å². The first kappa shape index (κ1) is 10.8. The van der Waals surface area contributed by atoms with Gasteiger partial charge in [0.05, 0.1) is 6.61 Å². The summed E-state index contributed by atoms with van der Waals surface area (Å²) in [5.41, 5.74) is 0. The van der Waals surface area contributed by atoms with Crippen LogP contribution in [-0.4, -0.2) is 21.2 Å². The molecule has 10 heavy (non-hydrogen) atoms. The molecule has 0 heterocycles. The van der Waals surface area contributed by atoms with Crippen molar-refractivity contribution < 1.29 is 4.43 Å². The SMILES string of the molecule is CC(C)(C)[SiH2]OCC(Cl)Cl. The molecule has 1 nitrogen and oxygen atoms in total. The summed E-state index contributed by atoms with van der Waals surface area (Å²) in [5.74, 6) is 0. The lowest BCUT2D eigenvalue weighted by atomic mass is 10.3. The van der Waals surface area contributed by atoms with Gasteiger partial charge in [-0.15, -0.1) is 23.2 Å². The van der Waals surface area contributed by atoms with Gasteiger partial charge in [-0.25, -0.2) is 0 Å². The highest BCUT2D eigenvalue weighted by Gasteiger charge is 2.11. The standard InChI is InChI=1S/C6H14Cl2OSi/c1-6(2,3)10-9-4-5(7)8/h5H,4,10H2,1-3H3. The average molecular weight is 201 g/mol. The summed E-state index contributed by atoms with van der Waals surface area (Å²) < 4.78 is 5.33. The first-order chi connectivity index (χ1) is 4.42. The smallest absolute Gasteiger partial charge is 0.167 e. The molecule has 0 radical (unpaired) electrons. The van der Waals surface area contributed by atoms with Crippen LogP contribution in [0.1, 0.15) is 20.8 Å². The molecule has 0 aromatic carbocycles. The maximum atomic E-state index is 5.47. The van der Waals surface area contributed by atoms with Crippen LogP contribution >= 0.6 is 23.2 Å². The normalized spacial score (nSPS) is 13.8. The quantitative estimate of drug-likeness (QED) is 0.502. The fourth-order valence-corrected chi connectivity index (χ4v) is 1.90. The van der Waals surface area contributed by atoms with Crippen LogP contribution < -0.4 is 0 Å². The van der Waals surface area contributed by atoms with Crippen molar-refractivity contribution in [1.29, 1.82) is 0 Å². The first-order valence-electron chi connectivity index (χ1n) is 3.28. The molecule has 0 saturated carbocycles. The Labute approximate surface area is 75.0 Å². The zero-order chi connectivity index (χ0) is 8.20. The van der Waals surface area contributed by atoms with Crippen LogP contribution in [-0.2, 0) is 4.43 Å². The Morgan fingerprint density at radius 1 is 1.40 bits per heavy atom. The van der Waals surface area contributed by atoms with E-state index in [1.165, 1.54) is 0 Å². The molecule has 0 amide bonds. The van der Waals surface area contributed by atoms with Gasteiger partial charge in [0.1, 0.15) is 4.84 Å². The van der Waals surface area contributed by atoms with E-state index in [4.69, 9.17) is 27.6 Å². The van der Waals surface area contributed by atoms with E-state index in [0.717, 1.165) is 0 Å². The Morgan fingerprint density at radius 2 is 1.90 bits per heavy atom. The van der Waals surface area contributed by atoms with E-state index in [1.54, 1.807) is 0 Å². The van der Waals surface area contributed by atoms with Crippen molar-refractivity contribution in [2.45, 2.75) is 30.6 Å². The van der Waals surface area contributed by atoms with Crippen molar-refractivity contribution in [3.63, 3.8) is 0 Å². The molecule has 0 unspecified atom stereocenters. The highest BCUT2D eigenvalue weighted by atomic mass is 35.5. The van der Waals surface area contributed by atoms with Gasteiger partial charge in [0.2, 0.25) is 0 Å². The molecule has 0 spiro atoms. The molecular weight excluding hydrogens is 187 g/mol.